The van der Waals surface area contributed by atoms with Crippen molar-refractivity contribution in [3.63, 3.8) is 0 Å². The Morgan fingerprint density at radius 1 is 0.852 bits per heavy atom. The van der Waals surface area contributed by atoms with E-state index < -0.39 is 11.6 Å². The maximum atomic E-state index is 14.0. The Balaban J connectivity index is 1.68. The van der Waals surface area contributed by atoms with Gasteiger partial charge in [-0.2, -0.15) is 0 Å². The summed E-state index contributed by atoms with van der Waals surface area (Å²) < 4.78 is 41.4. The Labute approximate surface area is 156 Å². The van der Waals surface area contributed by atoms with Gasteiger partial charge >= 0.3 is 0 Å². The molecule has 0 aliphatic carbocycles. The fraction of sp³-hybridized carbons (Fsp3) is 0.217. The molecule has 0 radical (unpaired) electrons. The summed E-state index contributed by atoms with van der Waals surface area (Å²) in [5, 5.41) is 3.43. The summed E-state index contributed by atoms with van der Waals surface area (Å²) in [6.45, 7) is 3.74. The molecule has 3 aromatic carbocycles. The van der Waals surface area contributed by atoms with E-state index in [1.165, 1.54) is 30.3 Å². The van der Waals surface area contributed by atoms with Gasteiger partial charge in [0.25, 0.3) is 0 Å². The number of rotatable bonds is 3. The van der Waals surface area contributed by atoms with Gasteiger partial charge in [-0.05, 0) is 41.0 Å². The van der Waals surface area contributed by atoms with E-state index in [-0.39, 0.29) is 22.7 Å². The molecule has 1 heterocycles. The Morgan fingerprint density at radius 2 is 1.48 bits per heavy atom. The monoisotopic (exact) mass is 367 g/mol. The highest BCUT2D eigenvalue weighted by atomic mass is 19.1. The van der Waals surface area contributed by atoms with Crippen LogP contribution in [0, 0.1) is 17.5 Å². The van der Waals surface area contributed by atoms with Crippen molar-refractivity contribution in [2.45, 2.75) is 18.3 Å². The molecule has 4 heteroatoms. The zero-order valence-electron chi connectivity index (χ0n) is 15.0. The second-order valence-corrected chi connectivity index (χ2v) is 7.33. The molecule has 1 saturated heterocycles. The third-order valence-electron chi connectivity index (χ3n) is 5.68. The number of hydrogen-bond donors (Lipinski definition) is 1. The predicted molar refractivity (Wildman–Crippen MR) is 101 cm³/mol. The summed E-state index contributed by atoms with van der Waals surface area (Å²) in [6.07, 6.45) is 0. The van der Waals surface area contributed by atoms with Gasteiger partial charge in [0.15, 0.2) is 0 Å². The Hall–Kier alpha value is -2.59. The smallest absolute Gasteiger partial charge is 0.133 e. The first-order chi connectivity index (χ1) is 13.0. The van der Waals surface area contributed by atoms with Crippen LogP contribution in [0.2, 0.25) is 0 Å². The van der Waals surface area contributed by atoms with Crippen molar-refractivity contribution < 1.29 is 13.2 Å². The highest BCUT2D eigenvalue weighted by Crippen LogP contribution is 2.42. The lowest BCUT2D eigenvalue weighted by atomic mass is 9.71. The molecule has 0 bridgehead atoms. The highest BCUT2D eigenvalue weighted by Gasteiger charge is 2.41. The molecular weight excluding hydrogens is 347 g/mol. The van der Waals surface area contributed by atoms with Crippen LogP contribution >= 0.6 is 0 Å². The molecule has 2 unspecified atom stereocenters. The van der Waals surface area contributed by atoms with Gasteiger partial charge in [0.2, 0.25) is 0 Å². The lowest BCUT2D eigenvalue weighted by Crippen LogP contribution is -2.30. The minimum atomic E-state index is -0.568. The Bertz CT molecular complexity index is 930. The van der Waals surface area contributed by atoms with Gasteiger partial charge in [-0.15, -0.1) is 0 Å². The molecule has 27 heavy (non-hydrogen) atoms. The van der Waals surface area contributed by atoms with E-state index in [0.29, 0.717) is 5.56 Å². The first-order valence-electron chi connectivity index (χ1n) is 9.00. The fourth-order valence-corrected chi connectivity index (χ4v) is 4.10. The van der Waals surface area contributed by atoms with Crippen molar-refractivity contribution in [2.75, 3.05) is 13.1 Å². The SMILES string of the molecule is CC1(c2ccc(F)cc2)CNCC1c1ccc(-c2c(F)cccc2F)cc1. The third-order valence-corrected chi connectivity index (χ3v) is 5.68. The van der Waals surface area contributed by atoms with Crippen molar-refractivity contribution in [1.82, 2.24) is 5.32 Å². The molecule has 2 atom stereocenters. The van der Waals surface area contributed by atoms with Gasteiger partial charge in [-0.3, -0.25) is 0 Å². The molecule has 0 spiro atoms. The van der Waals surface area contributed by atoms with E-state index in [9.17, 15) is 13.2 Å². The Kier molecular flexibility index (Phi) is 4.52. The van der Waals surface area contributed by atoms with Crippen molar-refractivity contribution in [3.8, 4) is 11.1 Å². The third kappa shape index (κ3) is 3.15. The molecule has 1 fully saturated rings. The fourth-order valence-electron chi connectivity index (χ4n) is 4.10. The van der Waals surface area contributed by atoms with Crippen LogP contribution in [-0.2, 0) is 5.41 Å². The minimum Gasteiger partial charge on any atom is -0.315 e. The van der Waals surface area contributed by atoms with E-state index >= 15 is 0 Å². The summed E-state index contributed by atoms with van der Waals surface area (Å²) >= 11 is 0. The first kappa shape index (κ1) is 17.8. The quantitative estimate of drug-likeness (QED) is 0.652. The lowest BCUT2D eigenvalue weighted by Gasteiger charge is -2.31. The molecule has 1 N–H and O–H groups in total. The van der Waals surface area contributed by atoms with Crippen molar-refractivity contribution >= 4 is 0 Å². The summed E-state index contributed by atoms with van der Waals surface area (Å²) in [4.78, 5) is 0. The molecule has 1 aliphatic rings. The van der Waals surface area contributed by atoms with Crippen LogP contribution in [0.4, 0.5) is 13.2 Å². The standard InChI is InChI=1S/C23H20F3N/c1-23(17-9-11-18(24)12-10-17)14-27-13-19(23)15-5-7-16(8-6-15)22-20(25)3-2-4-21(22)26/h2-12,19,27H,13-14H2,1H3. The van der Waals surface area contributed by atoms with Gasteiger partial charge in [0, 0.05) is 24.4 Å². The normalized spacial score (nSPS) is 22.1. The van der Waals surface area contributed by atoms with Gasteiger partial charge < -0.3 is 5.32 Å². The highest BCUT2D eigenvalue weighted by molar-refractivity contribution is 5.65. The largest absolute Gasteiger partial charge is 0.315 e. The summed E-state index contributed by atoms with van der Waals surface area (Å²) in [6, 6.07) is 17.9. The van der Waals surface area contributed by atoms with Crippen LogP contribution in [0.1, 0.15) is 24.0 Å². The molecule has 1 nitrogen and oxygen atoms in total. The summed E-state index contributed by atoms with van der Waals surface area (Å²) in [5.74, 6) is -1.20. The van der Waals surface area contributed by atoms with E-state index in [4.69, 9.17) is 0 Å². The van der Waals surface area contributed by atoms with Crippen LogP contribution in [0.5, 0.6) is 0 Å². The molecular formula is C23H20F3N. The number of hydrogen-bond acceptors (Lipinski definition) is 1. The maximum Gasteiger partial charge on any atom is 0.133 e. The zero-order chi connectivity index (χ0) is 19.0. The Morgan fingerprint density at radius 3 is 2.11 bits per heavy atom. The van der Waals surface area contributed by atoms with E-state index in [1.54, 1.807) is 12.1 Å². The van der Waals surface area contributed by atoms with Crippen LogP contribution < -0.4 is 5.32 Å². The summed E-state index contributed by atoms with van der Waals surface area (Å²) in [7, 11) is 0. The average molecular weight is 367 g/mol. The second-order valence-electron chi connectivity index (χ2n) is 7.33. The van der Waals surface area contributed by atoms with Crippen LogP contribution in [-0.4, -0.2) is 13.1 Å². The molecule has 3 aromatic rings. The minimum absolute atomic E-state index is 0.00473. The van der Waals surface area contributed by atoms with Crippen LogP contribution in [0.25, 0.3) is 11.1 Å². The van der Waals surface area contributed by atoms with Gasteiger partial charge in [-0.25, -0.2) is 13.2 Å². The molecule has 138 valence electrons. The molecule has 4 rings (SSSR count). The van der Waals surface area contributed by atoms with Crippen molar-refractivity contribution in [1.29, 1.82) is 0 Å². The van der Waals surface area contributed by atoms with Crippen LogP contribution in [0.3, 0.4) is 0 Å². The molecule has 0 saturated carbocycles. The maximum absolute atomic E-state index is 14.0. The second kappa shape index (κ2) is 6.86. The van der Waals surface area contributed by atoms with Crippen molar-refractivity contribution in [2.24, 2.45) is 0 Å². The lowest BCUT2D eigenvalue weighted by molar-refractivity contribution is 0.464. The van der Waals surface area contributed by atoms with Gasteiger partial charge in [0.1, 0.15) is 17.5 Å². The van der Waals surface area contributed by atoms with E-state index in [2.05, 4.69) is 12.2 Å². The van der Waals surface area contributed by atoms with Crippen molar-refractivity contribution in [3.05, 3.63) is 95.3 Å². The predicted octanol–water partition coefficient (Wildman–Crippen LogP) is 5.42. The zero-order valence-corrected chi connectivity index (χ0v) is 15.0. The molecule has 1 aliphatic heterocycles. The topological polar surface area (TPSA) is 12.0 Å². The van der Waals surface area contributed by atoms with E-state index in [0.717, 1.165) is 24.2 Å². The average Bonchev–Trinajstić information content (AvgIpc) is 3.05. The van der Waals surface area contributed by atoms with Gasteiger partial charge in [0.05, 0.1) is 5.56 Å². The van der Waals surface area contributed by atoms with E-state index in [1.807, 2.05) is 24.3 Å². The van der Waals surface area contributed by atoms with Gasteiger partial charge in [-0.1, -0.05) is 49.4 Å². The number of halogens is 3. The van der Waals surface area contributed by atoms with Crippen LogP contribution in [0.15, 0.2) is 66.7 Å². The molecule has 0 amide bonds. The number of nitrogens with one attached hydrogen (secondary N) is 1. The molecule has 0 aromatic heterocycles. The first-order valence-corrected chi connectivity index (χ1v) is 9.00. The summed E-state index contributed by atoms with van der Waals surface area (Å²) in [5.41, 5.74) is 2.49. The number of benzene rings is 3.